The Labute approximate surface area is 82.7 Å². The van der Waals surface area contributed by atoms with Crippen LogP contribution in [0.25, 0.3) is 0 Å². The standard InChI is InChI=1S/C7H14N2Si.Li.H/c1-9-6-5-8-7(9)10(2,3)4;;/h5-6H,1-4H3;;/q;+1;-1. The number of aryl methyl sites for hydroxylation is 1. The van der Waals surface area contributed by atoms with Crippen molar-refractivity contribution in [2.45, 2.75) is 19.6 Å². The van der Waals surface area contributed by atoms with E-state index in [0.29, 0.717) is 0 Å². The molecule has 0 aromatic carbocycles. The molecule has 0 saturated carbocycles. The molecule has 0 fully saturated rings. The molecule has 1 aromatic rings. The Morgan fingerprint density at radius 2 is 2.00 bits per heavy atom. The topological polar surface area (TPSA) is 17.8 Å². The molecule has 1 aromatic heterocycles. The van der Waals surface area contributed by atoms with Crippen LogP contribution in [-0.2, 0) is 7.05 Å². The van der Waals surface area contributed by atoms with Gasteiger partial charge < -0.3 is 5.99 Å². The van der Waals surface area contributed by atoms with E-state index in [9.17, 15) is 0 Å². The molecule has 58 valence electrons. The first-order chi connectivity index (χ1) is 4.52. The molecule has 0 aliphatic carbocycles. The van der Waals surface area contributed by atoms with E-state index in [1.54, 1.807) is 0 Å². The Balaban J connectivity index is 0. The van der Waals surface area contributed by atoms with E-state index < -0.39 is 8.07 Å². The van der Waals surface area contributed by atoms with E-state index in [1.165, 1.54) is 5.45 Å². The Bertz CT molecular complexity index is 232. The third kappa shape index (κ3) is 2.51. The van der Waals surface area contributed by atoms with Crippen molar-refractivity contribution in [1.29, 1.82) is 0 Å². The quantitative estimate of drug-likeness (QED) is 0.440. The van der Waals surface area contributed by atoms with E-state index in [2.05, 4.69) is 36.2 Å². The largest absolute Gasteiger partial charge is 1.00 e. The number of imidazole rings is 1. The van der Waals surface area contributed by atoms with Crippen LogP contribution in [-0.4, -0.2) is 17.6 Å². The first-order valence-electron chi connectivity index (χ1n) is 3.49. The number of hydrogen-bond acceptors (Lipinski definition) is 1. The second-order valence-electron chi connectivity index (χ2n) is 3.61. The van der Waals surface area contributed by atoms with Crippen LogP contribution in [0.3, 0.4) is 0 Å². The van der Waals surface area contributed by atoms with E-state index in [0.717, 1.165) is 0 Å². The predicted molar refractivity (Wildman–Crippen MR) is 47.3 cm³/mol. The van der Waals surface area contributed by atoms with Crippen molar-refractivity contribution in [3.63, 3.8) is 0 Å². The van der Waals surface area contributed by atoms with Crippen LogP contribution >= 0.6 is 0 Å². The summed E-state index contributed by atoms with van der Waals surface area (Å²) in [6.45, 7) is 6.90. The Hall–Kier alpha value is 0.0243. The molecule has 4 heteroatoms. The van der Waals surface area contributed by atoms with E-state index in [-0.39, 0.29) is 20.3 Å². The summed E-state index contributed by atoms with van der Waals surface area (Å²) in [5.74, 6) is 0. The van der Waals surface area contributed by atoms with Gasteiger partial charge in [0.2, 0.25) is 0 Å². The molecule has 0 amide bonds. The zero-order valence-electron chi connectivity index (χ0n) is 9.05. The zero-order chi connectivity index (χ0) is 7.78. The monoisotopic (exact) mass is 162 g/mol. The molecular formula is C7H15LiN2Si. The summed E-state index contributed by atoms with van der Waals surface area (Å²) in [5.41, 5.74) is 1.27. The van der Waals surface area contributed by atoms with E-state index in [4.69, 9.17) is 0 Å². The van der Waals surface area contributed by atoms with Gasteiger partial charge in [-0.15, -0.1) is 0 Å². The maximum Gasteiger partial charge on any atom is 1.00 e. The average Bonchev–Trinajstić information content (AvgIpc) is 2.11. The van der Waals surface area contributed by atoms with E-state index in [1.807, 2.05) is 12.4 Å². The molecular weight excluding hydrogens is 147 g/mol. The second kappa shape index (κ2) is 3.62. The normalized spacial score (nSPS) is 10.9. The van der Waals surface area contributed by atoms with Crippen molar-refractivity contribution in [2.75, 3.05) is 0 Å². The summed E-state index contributed by atoms with van der Waals surface area (Å²) in [6, 6.07) is 0. The van der Waals surface area contributed by atoms with Gasteiger partial charge in [0.15, 0.2) is 0 Å². The van der Waals surface area contributed by atoms with Gasteiger partial charge in [-0.3, -0.25) is 0 Å². The fraction of sp³-hybridized carbons (Fsp3) is 0.571. The van der Waals surface area contributed by atoms with Crippen LogP contribution in [0.4, 0.5) is 0 Å². The Morgan fingerprint density at radius 1 is 1.45 bits per heavy atom. The van der Waals surface area contributed by atoms with Crippen molar-refractivity contribution in [3.05, 3.63) is 12.4 Å². The first kappa shape index (κ1) is 11.0. The molecule has 0 radical (unpaired) electrons. The van der Waals surface area contributed by atoms with Crippen molar-refractivity contribution >= 4 is 13.5 Å². The van der Waals surface area contributed by atoms with Crippen LogP contribution in [0.5, 0.6) is 0 Å². The molecule has 0 bridgehead atoms. The fourth-order valence-corrected chi connectivity index (χ4v) is 2.68. The summed E-state index contributed by atoms with van der Waals surface area (Å²) in [4.78, 5) is 4.31. The fourth-order valence-electron chi connectivity index (χ4n) is 1.09. The van der Waals surface area contributed by atoms with Gasteiger partial charge in [0.05, 0.1) is 5.45 Å². The molecule has 1 rings (SSSR count). The number of rotatable bonds is 1. The minimum Gasteiger partial charge on any atom is -1.00 e. The molecule has 0 saturated heterocycles. The van der Waals surface area contributed by atoms with Gasteiger partial charge >= 0.3 is 18.9 Å². The van der Waals surface area contributed by atoms with E-state index >= 15 is 0 Å². The third-order valence-electron chi connectivity index (χ3n) is 1.49. The number of nitrogens with zero attached hydrogens (tertiary/aromatic N) is 2. The first-order valence-corrected chi connectivity index (χ1v) is 6.99. The minimum absolute atomic E-state index is 0. The van der Waals surface area contributed by atoms with Gasteiger partial charge in [0, 0.05) is 19.4 Å². The van der Waals surface area contributed by atoms with Crippen LogP contribution in [0.1, 0.15) is 1.43 Å². The Kier molecular flexibility index (Phi) is 3.62. The van der Waals surface area contributed by atoms with Crippen LogP contribution in [0.15, 0.2) is 12.4 Å². The SMILES string of the molecule is Cn1ccnc1[Si](C)(C)C.[H-].[Li+]. The summed E-state index contributed by atoms with van der Waals surface area (Å²) in [5, 5.41) is 0. The molecule has 0 spiro atoms. The van der Waals surface area contributed by atoms with Gasteiger partial charge in [0.25, 0.3) is 0 Å². The maximum absolute atomic E-state index is 4.31. The molecule has 0 aliphatic rings. The van der Waals surface area contributed by atoms with Gasteiger partial charge in [-0.25, -0.2) is 4.98 Å². The molecule has 0 aliphatic heterocycles. The number of aromatic nitrogens is 2. The Morgan fingerprint density at radius 3 is 2.18 bits per heavy atom. The van der Waals surface area contributed by atoms with Gasteiger partial charge in [-0.1, -0.05) is 19.6 Å². The molecule has 0 unspecified atom stereocenters. The van der Waals surface area contributed by atoms with Crippen molar-refractivity contribution in [3.8, 4) is 0 Å². The maximum atomic E-state index is 4.31. The smallest absolute Gasteiger partial charge is 1.00 e. The molecule has 1 heterocycles. The summed E-state index contributed by atoms with van der Waals surface area (Å²) < 4.78 is 2.12. The van der Waals surface area contributed by atoms with Crippen molar-refractivity contribution < 1.29 is 20.3 Å². The summed E-state index contributed by atoms with van der Waals surface area (Å²) in [6.07, 6.45) is 3.88. The summed E-state index contributed by atoms with van der Waals surface area (Å²) >= 11 is 0. The van der Waals surface area contributed by atoms with Crippen LogP contribution in [0.2, 0.25) is 19.6 Å². The van der Waals surface area contributed by atoms with Gasteiger partial charge in [0.1, 0.15) is 8.07 Å². The van der Waals surface area contributed by atoms with Crippen molar-refractivity contribution in [1.82, 2.24) is 9.55 Å². The van der Waals surface area contributed by atoms with Crippen LogP contribution in [0, 0.1) is 0 Å². The molecule has 11 heavy (non-hydrogen) atoms. The predicted octanol–water partition coefficient (Wildman–Crippen LogP) is -1.92. The van der Waals surface area contributed by atoms with Crippen molar-refractivity contribution in [2.24, 2.45) is 7.05 Å². The third-order valence-corrected chi connectivity index (χ3v) is 3.32. The zero-order valence-corrected chi connectivity index (χ0v) is 9.05. The average molecular weight is 162 g/mol. The molecule has 0 N–H and O–H groups in total. The second-order valence-corrected chi connectivity index (χ2v) is 8.56. The van der Waals surface area contributed by atoms with Gasteiger partial charge in [-0.2, -0.15) is 0 Å². The van der Waals surface area contributed by atoms with Gasteiger partial charge in [-0.05, 0) is 0 Å². The summed E-state index contributed by atoms with van der Waals surface area (Å²) in [7, 11) is 0.882. The minimum atomic E-state index is -1.17. The van der Waals surface area contributed by atoms with Crippen LogP contribution < -0.4 is 24.3 Å². The number of hydrogen-bond donors (Lipinski definition) is 0. The molecule has 0 atom stereocenters. The molecule has 2 nitrogen and oxygen atoms in total.